The molecule has 2 amide bonds. The van der Waals surface area contributed by atoms with Crippen LogP contribution < -0.4 is 10.4 Å². The van der Waals surface area contributed by atoms with E-state index in [4.69, 9.17) is 9.47 Å². The number of carboxylic acid groups (broad SMARTS) is 1. The van der Waals surface area contributed by atoms with Crippen LogP contribution in [0.3, 0.4) is 0 Å². The summed E-state index contributed by atoms with van der Waals surface area (Å²) in [4.78, 5) is 37.1. The molecule has 0 radical (unpaired) electrons. The Kier molecular flexibility index (Phi) is 7.51. The average Bonchev–Trinajstić information content (AvgIpc) is 2.63. The van der Waals surface area contributed by atoms with Crippen LogP contribution in [-0.4, -0.2) is 49.7 Å². The Balaban J connectivity index is 2.36. The molecule has 9 heteroatoms. The molecule has 0 spiro atoms. The van der Waals surface area contributed by atoms with Crippen LogP contribution in [0.25, 0.3) is 0 Å². The average molecular weight is 393 g/mol. The number of hydrogen-bond acceptors (Lipinski definition) is 6. The molecule has 1 atom stereocenters. The van der Waals surface area contributed by atoms with Crippen molar-refractivity contribution in [2.75, 3.05) is 26.9 Å². The van der Waals surface area contributed by atoms with Crippen LogP contribution in [0.1, 0.15) is 31.4 Å². The van der Waals surface area contributed by atoms with E-state index in [1.807, 2.05) is 0 Å². The SMILES string of the molecule is COCCOC(=O)C1=C(C)N(CCCC(=O)[O-])C(=O)N[C@H]1c1cccc(F)c1. The molecule has 0 saturated carbocycles. The maximum Gasteiger partial charge on any atom is 0.338 e. The van der Waals surface area contributed by atoms with E-state index in [1.165, 1.54) is 30.2 Å². The third kappa shape index (κ3) is 5.29. The van der Waals surface area contributed by atoms with Gasteiger partial charge < -0.3 is 24.7 Å². The zero-order chi connectivity index (χ0) is 20.7. The van der Waals surface area contributed by atoms with Gasteiger partial charge in [-0.25, -0.2) is 14.0 Å². The first-order valence-corrected chi connectivity index (χ1v) is 8.75. The Bertz CT molecular complexity index is 779. The van der Waals surface area contributed by atoms with Gasteiger partial charge in [0.15, 0.2) is 0 Å². The minimum atomic E-state index is -1.23. The minimum absolute atomic E-state index is 0.0145. The van der Waals surface area contributed by atoms with Crippen LogP contribution in [0, 0.1) is 5.82 Å². The summed E-state index contributed by atoms with van der Waals surface area (Å²) in [5.74, 6) is -2.41. The largest absolute Gasteiger partial charge is 0.550 e. The monoisotopic (exact) mass is 393 g/mol. The standard InChI is InChI=1S/C19H23FN2O6/c1-12-16(18(25)28-10-9-27-2)17(13-5-3-6-14(20)11-13)21-19(26)22(12)8-4-7-15(23)24/h3,5-6,11,17H,4,7-10H2,1-2H3,(H,21,26)(H,23,24)/p-1/t17-/m0/s1. The first kappa shape index (κ1) is 21.4. The summed E-state index contributed by atoms with van der Waals surface area (Å²) in [7, 11) is 1.47. The molecule has 1 aromatic carbocycles. The molecular weight excluding hydrogens is 371 g/mol. The fourth-order valence-corrected chi connectivity index (χ4v) is 2.93. The summed E-state index contributed by atoms with van der Waals surface area (Å²) >= 11 is 0. The molecule has 0 fully saturated rings. The molecule has 0 saturated heterocycles. The lowest BCUT2D eigenvalue weighted by Gasteiger charge is -2.35. The summed E-state index contributed by atoms with van der Waals surface area (Å²) in [5.41, 5.74) is 0.856. The zero-order valence-electron chi connectivity index (χ0n) is 15.7. The van der Waals surface area contributed by atoms with Crippen molar-refractivity contribution >= 4 is 18.0 Å². The molecule has 0 aromatic heterocycles. The molecule has 1 aromatic rings. The Morgan fingerprint density at radius 1 is 1.32 bits per heavy atom. The van der Waals surface area contributed by atoms with E-state index in [9.17, 15) is 23.9 Å². The molecule has 0 aliphatic carbocycles. The number of esters is 1. The number of nitrogens with one attached hydrogen (secondary N) is 1. The van der Waals surface area contributed by atoms with Crippen LogP contribution in [0.15, 0.2) is 35.5 Å². The van der Waals surface area contributed by atoms with Gasteiger partial charge in [-0.2, -0.15) is 0 Å². The molecule has 0 unspecified atom stereocenters. The fourth-order valence-electron chi connectivity index (χ4n) is 2.93. The number of urea groups is 1. The Labute approximate surface area is 161 Å². The van der Waals surface area contributed by atoms with Gasteiger partial charge in [-0.15, -0.1) is 0 Å². The lowest BCUT2D eigenvalue weighted by molar-refractivity contribution is -0.305. The van der Waals surface area contributed by atoms with Gasteiger partial charge in [-0.05, 0) is 37.5 Å². The second kappa shape index (κ2) is 9.84. The number of ether oxygens (including phenoxy) is 2. The van der Waals surface area contributed by atoms with Crippen molar-refractivity contribution in [1.29, 1.82) is 0 Å². The molecule has 1 aliphatic rings. The van der Waals surface area contributed by atoms with E-state index < -0.39 is 29.8 Å². The number of halogens is 1. The predicted molar refractivity (Wildman–Crippen MR) is 94.2 cm³/mol. The first-order chi connectivity index (χ1) is 13.3. The number of nitrogens with zero attached hydrogens (tertiary/aromatic N) is 1. The molecule has 0 bridgehead atoms. The zero-order valence-corrected chi connectivity index (χ0v) is 15.7. The summed E-state index contributed by atoms with van der Waals surface area (Å²) < 4.78 is 23.7. The number of carbonyl (C=O) groups excluding carboxylic acids is 3. The number of benzene rings is 1. The highest BCUT2D eigenvalue weighted by molar-refractivity contribution is 5.95. The Hall–Kier alpha value is -2.94. The highest BCUT2D eigenvalue weighted by Gasteiger charge is 2.36. The van der Waals surface area contributed by atoms with E-state index >= 15 is 0 Å². The van der Waals surface area contributed by atoms with Gasteiger partial charge in [-0.1, -0.05) is 12.1 Å². The number of carboxylic acids is 1. The van der Waals surface area contributed by atoms with E-state index in [0.717, 1.165) is 0 Å². The topological polar surface area (TPSA) is 108 Å². The predicted octanol–water partition coefficient (Wildman–Crippen LogP) is 0.886. The van der Waals surface area contributed by atoms with Gasteiger partial charge >= 0.3 is 12.0 Å². The second-order valence-electron chi connectivity index (χ2n) is 6.19. The van der Waals surface area contributed by atoms with Gasteiger partial charge in [0.1, 0.15) is 12.4 Å². The number of rotatable bonds is 9. The van der Waals surface area contributed by atoms with E-state index in [-0.39, 0.29) is 38.2 Å². The number of carbonyl (C=O) groups is 3. The molecule has 152 valence electrons. The van der Waals surface area contributed by atoms with Crippen molar-refractivity contribution in [2.45, 2.75) is 25.8 Å². The van der Waals surface area contributed by atoms with Crippen LogP contribution in [0.4, 0.5) is 9.18 Å². The Morgan fingerprint density at radius 2 is 2.07 bits per heavy atom. The van der Waals surface area contributed by atoms with Crippen LogP contribution in [0.5, 0.6) is 0 Å². The number of allylic oxidation sites excluding steroid dienone is 1. The second-order valence-corrected chi connectivity index (χ2v) is 6.19. The van der Waals surface area contributed by atoms with E-state index in [2.05, 4.69) is 5.32 Å². The normalized spacial score (nSPS) is 16.8. The van der Waals surface area contributed by atoms with Gasteiger partial charge in [0, 0.05) is 25.3 Å². The van der Waals surface area contributed by atoms with Crippen LogP contribution in [0.2, 0.25) is 0 Å². The summed E-state index contributed by atoms with van der Waals surface area (Å²) in [6, 6.07) is 4.15. The maximum absolute atomic E-state index is 13.7. The van der Waals surface area contributed by atoms with E-state index in [1.54, 1.807) is 13.0 Å². The highest BCUT2D eigenvalue weighted by atomic mass is 19.1. The minimum Gasteiger partial charge on any atom is -0.550 e. The maximum atomic E-state index is 13.7. The van der Waals surface area contributed by atoms with Crippen molar-refractivity contribution in [3.63, 3.8) is 0 Å². The van der Waals surface area contributed by atoms with Crippen molar-refractivity contribution in [3.8, 4) is 0 Å². The quantitative estimate of drug-likeness (QED) is 0.493. The summed E-state index contributed by atoms with van der Waals surface area (Å²) in [6.45, 7) is 1.86. The molecule has 1 N–H and O–H groups in total. The highest BCUT2D eigenvalue weighted by Crippen LogP contribution is 2.31. The van der Waals surface area contributed by atoms with Gasteiger partial charge in [0.05, 0.1) is 18.2 Å². The lowest BCUT2D eigenvalue weighted by Crippen LogP contribution is -2.48. The summed E-state index contributed by atoms with van der Waals surface area (Å²) in [5, 5.41) is 13.3. The van der Waals surface area contributed by atoms with Crippen molar-refractivity contribution in [2.24, 2.45) is 0 Å². The first-order valence-electron chi connectivity index (χ1n) is 8.75. The molecular formula is C19H22FN2O6-. The smallest absolute Gasteiger partial charge is 0.338 e. The lowest BCUT2D eigenvalue weighted by atomic mass is 9.94. The van der Waals surface area contributed by atoms with Crippen molar-refractivity contribution in [3.05, 3.63) is 46.9 Å². The fraction of sp³-hybridized carbons (Fsp3) is 0.421. The van der Waals surface area contributed by atoms with Crippen LogP contribution >= 0.6 is 0 Å². The van der Waals surface area contributed by atoms with Gasteiger partial charge in [0.2, 0.25) is 0 Å². The summed E-state index contributed by atoms with van der Waals surface area (Å²) in [6.07, 6.45) is -0.0677. The van der Waals surface area contributed by atoms with Crippen molar-refractivity contribution < 1.29 is 33.4 Å². The van der Waals surface area contributed by atoms with E-state index in [0.29, 0.717) is 11.3 Å². The molecule has 28 heavy (non-hydrogen) atoms. The molecule has 1 heterocycles. The van der Waals surface area contributed by atoms with Gasteiger partial charge in [0.25, 0.3) is 0 Å². The third-order valence-corrected chi connectivity index (χ3v) is 4.28. The molecule has 2 rings (SSSR count). The van der Waals surface area contributed by atoms with Crippen LogP contribution in [-0.2, 0) is 19.1 Å². The Morgan fingerprint density at radius 3 is 2.71 bits per heavy atom. The number of amides is 2. The number of hydrogen-bond donors (Lipinski definition) is 1. The number of methoxy groups -OCH3 is 1. The number of aliphatic carboxylic acids is 1. The third-order valence-electron chi connectivity index (χ3n) is 4.28. The van der Waals surface area contributed by atoms with Crippen molar-refractivity contribution in [1.82, 2.24) is 10.2 Å². The van der Waals surface area contributed by atoms with Gasteiger partial charge in [-0.3, -0.25) is 4.90 Å². The molecule has 8 nitrogen and oxygen atoms in total. The molecule has 1 aliphatic heterocycles.